The summed E-state index contributed by atoms with van der Waals surface area (Å²) in [6.07, 6.45) is 2.21. The summed E-state index contributed by atoms with van der Waals surface area (Å²) in [6.45, 7) is 0. The van der Waals surface area contributed by atoms with Gasteiger partial charge in [-0.3, -0.25) is 0 Å². The summed E-state index contributed by atoms with van der Waals surface area (Å²) in [5.41, 5.74) is 5.08. The first kappa shape index (κ1) is 9.20. The predicted molar refractivity (Wildman–Crippen MR) is 28.1 cm³/mol. The van der Waals surface area contributed by atoms with Crippen LogP contribution in [0, 0.1) is 6.33 Å². The van der Waals surface area contributed by atoms with E-state index < -0.39 is 0 Å². The minimum absolute atomic E-state index is 0. The largest absolute Gasteiger partial charge is 0.420 e. The van der Waals surface area contributed by atoms with Gasteiger partial charge in [-0.2, -0.15) is 0 Å². The van der Waals surface area contributed by atoms with Gasteiger partial charge in [0.05, 0.1) is 0 Å². The maximum Gasteiger partial charge on any atom is 0.109 e. The fourth-order valence-corrected chi connectivity index (χ4v) is 0.386. The van der Waals surface area contributed by atoms with Crippen LogP contribution in [0.25, 0.3) is 0 Å². The fraction of sp³-hybridized carbons (Fsp3) is 0. The van der Waals surface area contributed by atoms with Crippen molar-refractivity contribution in [2.24, 2.45) is 0 Å². The van der Waals surface area contributed by atoms with Gasteiger partial charge in [-0.25, -0.2) is 0 Å². The van der Waals surface area contributed by atoms with E-state index in [9.17, 15) is 0 Å². The summed E-state index contributed by atoms with van der Waals surface area (Å²) in [6, 6.07) is 0. The van der Waals surface area contributed by atoms with Crippen LogP contribution in [0.1, 0.15) is 0 Å². The molecule has 0 bridgehead atoms. The number of nitrogen functional groups attached to an aromatic ring is 1. The van der Waals surface area contributed by atoms with E-state index in [1.807, 2.05) is 0 Å². The standard InChI is InChI=1S/C3H2ClN4.Y/c4-2-6-1-7-3(5)8-2;/h(H2,5,6,7,8);/q-1;. The van der Waals surface area contributed by atoms with Gasteiger partial charge in [0.1, 0.15) is 11.2 Å². The molecule has 1 rings (SSSR count). The van der Waals surface area contributed by atoms with E-state index in [2.05, 4.69) is 21.3 Å². The zero-order valence-corrected chi connectivity index (χ0v) is 7.97. The zero-order valence-electron chi connectivity index (χ0n) is 4.37. The maximum atomic E-state index is 5.27. The second kappa shape index (κ2) is 4.09. The average molecular weight is 218 g/mol. The van der Waals surface area contributed by atoms with Crippen molar-refractivity contribution in [3.63, 3.8) is 0 Å². The molecular formula is C3H2ClN4Y-. The Bertz CT molecular complexity index is 176. The van der Waals surface area contributed by atoms with Crippen LogP contribution in [0.2, 0.25) is 5.28 Å². The van der Waals surface area contributed by atoms with E-state index in [0.29, 0.717) is 0 Å². The van der Waals surface area contributed by atoms with Crippen molar-refractivity contribution in [3.8, 4) is 0 Å². The first-order valence-corrected chi connectivity index (χ1v) is 2.20. The number of halogens is 1. The fourth-order valence-electron chi connectivity index (χ4n) is 0.262. The topological polar surface area (TPSA) is 64.7 Å². The molecule has 0 aliphatic rings. The summed E-state index contributed by atoms with van der Waals surface area (Å²) in [5, 5.41) is 0.0671. The molecule has 1 aromatic heterocycles. The van der Waals surface area contributed by atoms with Gasteiger partial charge in [0, 0.05) is 39.0 Å². The Morgan fingerprint density at radius 3 is 2.44 bits per heavy atom. The van der Waals surface area contributed by atoms with Crippen LogP contribution in [0.4, 0.5) is 5.95 Å². The molecule has 4 nitrogen and oxygen atoms in total. The van der Waals surface area contributed by atoms with E-state index in [4.69, 9.17) is 17.3 Å². The van der Waals surface area contributed by atoms with E-state index in [0.717, 1.165) is 0 Å². The molecule has 0 fully saturated rings. The van der Waals surface area contributed by atoms with Crippen LogP contribution in [0.3, 0.4) is 0 Å². The third-order valence-corrected chi connectivity index (χ3v) is 0.683. The van der Waals surface area contributed by atoms with E-state index in [-0.39, 0.29) is 43.9 Å². The van der Waals surface area contributed by atoms with Crippen molar-refractivity contribution in [2.75, 3.05) is 5.73 Å². The first-order valence-electron chi connectivity index (χ1n) is 1.82. The molecule has 1 heterocycles. The molecule has 0 aliphatic heterocycles. The Hall–Kier alpha value is 0.204. The summed E-state index contributed by atoms with van der Waals surface area (Å²) >= 11 is 5.27. The maximum absolute atomic E-state index is 5.27. The van der Waals surface area contributed by atoms with Gasteiger partial charge in [-0.15, -0.1) is 11.6 Å². The summed E-state index contributed by atoms with van der Waals surface area (Å²) in [5.74, 6) is 0.0880. The SMILES string of the molecule is Nc1n[c-]nc(Cl)n1.[Y]. The molecule has 0 aromatic carbocycles. The normalized spacial score (nSPS) is 8.11. The number of nitrogens with zero attached hydrogens (tertiary/aromatic N) is 3. The summed E-state index contributed by atoms with van der Waals surface area (Å²) in [4.78, 5) is 10.2. The van der Waals surface area contributed by atoms with Crippen LogP contribution in [0.15, 0.2) is 0 Å². The Morgan fingerprint density at radius 1 is 1.44 bits per heavy atom. The molecule has 0 saturated carbocycles. The van der Waals surface area contributed by atoms with Gasteiger partial charge < -0.3 is 20.7 Å². The number of aromatic nitrogens is 3. The van der Waals surface area contributed by atoms with Crippen molar-refractivity contribution in [3.05, 3.63) is 11.6 Å². The van der Waals surface area contributed by atoms with Crippen LogP contribution >= 0.6 is 11.6 Å². The average Bonchev–Trinajstić information content (AvgIpc) is 1.64. The molecule has 45 valence electrons. The predicted octanol–water partition coefficient (Wildman–Crippen LogP) is -0.0951. The zero-order chi connectivity index (χ0) is 5.98. The van der Waals surface area contributed by atoms with Crippen LogP contribution in [-0.4, -0.2) is 15.0 Å². The quantitative estimate of drug-likeness (QED) is 0.618. The van der Waals surface area contributed by atoms with Gasteiger partial charge in [-0.05, 0) is 0 Å². The third-order valence-electron chi connectivity index (χ3n) is 0.514. The molecule has 9 heavy (non-hydrogen) atoms. The number of hydrogen-bond donors (Lipinski definition) is 1. The molecule has 2 N–H and O–H groups in total. The second-order valence-electron chi connectivity index (χ2n) is 1.06. The molecule has 0 spiro atoms. The Kier molecular flexibility index (Phi) is 4.18. The minimum Gasteiger partial charge on any atom is -0.420 e. The Labute approximate surface area is 82.1 Å². The van der Waals surface area contributed by atoms with Crippen LogP contribution in [0.5, 0.6) is 0 Å². The summed E-state index contributed by atoms with van der Waals surface area (Å²) < 4.78 is 0. The molecule has 0 aliphatic carbocycles. The molecular weight excluding hydrogens is 216 g/mol. The van der Waals surface area contributed by atoms with E-state index >= 15 is 0 Å². The minimum atomic E-state index is 0. The number of rotatable bonds is 0. The van der Waals surface area contributed by atoms with E-state index in [1.54, 1.807) is 0 Å². The van der Waals surface area contributed by atoms with Crippen molar-refractivity contribution in [2.45, 2.75) is 0 Å². The molecule has 1 aromatic rings. The van der Waals surface area contributed by atoms with Crippen molar-refractivity contribution in [1.82, 2.24) is 15.0 Å². The van der Waals surface area contributed by atoms with Crippen LogP contribution in [-0.2, 0) is 32.7 Å². The second-order valence-corrected chi connectivity index (χ2v) is 1.40. The van der Waals surface area contributed by atoms with Crippen molar-refractivity contribution >= 4 is 17.5 Å². The van der Waals surface area contributed by atoms with Gasteiger partial charge >= 0.3 is 0 Å². The molecule has 0 saturated heterocycles. The molecule has 0 unspecified atom stereocenters. The Morgan fingerprint density at radius 2 is 2.11 bits per heavy atom. The van der Waals surface area contributed by atoms with Crippen molar-refractivity contribution < 1.29 is 32.7 Å². The van der Waals surface area contributed by atoms with Crippen molar-refractivity contribution in [1.29, 1.82) is 0 Å². The smallest absolute Gasteiger partial charge is 0.109 e. The third kappa shape index (κ3) is 3.03. The van der Waals surface area contributed by atoms with Crippen LogP contribution < -0.4 is 5.73 Å². The molecule has 0 atom stereocenters. The monoisotopic (exact) mass is 218 g/mol. The number of hydrogen-bond acceptors (Lipinski definition) is 4. The molecule has 6 heteroatoms. The van der Waals surface area contributed by atoms with Gasteiger partial charge in [0.2, 0.25) is 0 Å². The van der Waals surface area contributed by atoms with Gasteiger partial charge in [0.15, 0.2) is 0 Å². The Balaban J connectivity index is 0.000000640. The first-order chi connectivity index (χ1) is 3.79. The van der Waals surface area contributed by atoms with E-state index in [1.165, 1.54) is 0 Å². The van der Waals surface area contributed by atoms with Gasteiger partial charge in [-0.1, -0.05) is 0 Å². The summed E-state index contributed by atoms with van der Waals surface area (Å²) in [7, 11) is 0. The molecule has 0 amide bonds. The van der Waals surface area contributed by atoms with Gasteiger partial charge in [0.25, 0.3) is 0 Å². The molecule has 1 radical (unpaired) electrons. The number of nitrogens with two attached hydrogens (primary N) is 1. The number of anilines is 1.